The van der Waals surface area contributed by atoms with E-state index in [1.807, 2.05) is 30.3 Å². The number of anilines is 1. The fraction of sp³-hybridized carbons (Fsp3) is 0.312. The Morgan fingerprint density at radius 1 is 1.38 bits per heavy atom. The number of aromatic amines is 1. The molecule has 3 N–H and O–H groups in total. The molecule has 3 rings (SSSR count). The topological polar surface area (TPSA) is 119 Å². The van der Waals surface area contributed by atoms with Gasteiger partial charge in [-0.05, 0) is 42.2 Å². The molecule has 2 aromatic rings. The highest BCUT2D eigenvalue weighted by molar-refractivity contribution is 5.77. The van der Waals surface area contributed by atoms with Crippen LogP contribution in [0.5, 0.6) is 0 Å². The van der Waals surface area contributed by atoms with Crippen LogP contribution in [0.3, 0.4) is 0 Å². The molecule has 24 heavy (non-hydrogen) atoms. The van der Waals surface area contributed by atoms with Gasteiger partial charge in [0.15, 0.2) is 0 Å². The molecule has 1 aromatic heterocycles. The number of amides is 1. The van der Waals surface area contributed by atoms with Gasteiger partial charge in [0.25, 0.3) is 0 Å². The molecule has 1 aliphatic rings. The van der Waals surface area contributed by atoms with Crippen molar-refractivity contribution in [2.24, 2.45) is 0 Å². The zero-order valence-corrected chi connectivity index (χ0v) is 13.0. The third kappa shape index (κ3) is 4.39. The number of hydrogen-bond acceptors (Lipinski definition) is 6. The van der Waals surface area contributed by atoms with E-state index in [1.165, 1.54) is 6.20 Å². The van der Waals surface area contributed by atoms with Gasteiger partial charge in [-0.25, -0.2) is 0 Å². The van der Waals surface area contributed by atoms with Gasteiger partial charge in [0.05, 0.1) is 0 Å². The first-order valence-corrected chi connectivity index (χ1v) is 7.73. The van der Waals surface area contributed by atoms with Crippen molar-refractivity contribution in [3.05, 3.63) is 41.9 Å². The van der Waals surface area contributed by atoms with Crippen LogP contribution < -0.4 is 10.6 Å². The molecule has 0 radical (unpaired) electrons. The van der Waals surface area contributed by atoms with Crippen LogP contribution in [0, 0.1) is 11.3 Å². The minimum Gasteiger partial charge on any atom is -0.360 e. The van der Waals surface area contributed by atoms with Crippen LogP contribution in [0.1, 0.15) is 30.7 Å². The van der Waals surface area contributed by atoms with E-state index in [0.29, 0.717) is 18.9 Å². The molecule has 1 saturated carbocycles. The average Bonchev–Trinajstić information content (AvgIpc) is 3.24. The largest absolute Gasteiger partial charge is 0.360 e. The second-order valence-electron chi connectivity index (χ2n) is 5.59. The lowest BCUT2D eigenvalue weighted by atomic mass is 10.1. The van der Waals surface area contributed by atoms with E-state index in [4.69, 9.17) is 5.26 Å². The van der Waals surface area contributed by atoms with Crippen molar-refractivity contribution in [2.45, 2.75) is 31.7 Å². The normalized spacial score (nSPS) is 14.0. The number of carbonyl (C=O) groups is 1. The number of allylic oxidation sites excluding steroid dienone is 1. The lowest BCUT2D eigenvalue weighted by molar-refractivity contribution is -0.121. The lowest BCUT2D eigenvalue weighted by Crippen LogP contribution is -2.25. The third-order valence-corrected chi connectivity index (χ3v) is 3.63. The van der Waals surface area contributed by atoms with E-state index in [1.54, 1.807) is 0 Å². The summed E-state index contributed by atoms with van der Waals surface area (Å²) in [6.45, 7) is 0. The Morgan fingerprint density at radius 3 is 2.79 bits per heavy atom. The fourth-order valence-corrected chi connectivity index (χ4v) is 2.13. The summed E-state index contributed by atoms with van der Waals surface area (Å²) in [6, 6.07) is 10.1. The van der Waals surface area contributed by atoms with Gasteiger partial charge in [0.1, 0.15) is 11.6 Å². The molecule has 0 unspecified atom stereocenters. The molecule has 0 saturated heterocycles. The number of rotatable bonds is 7. The van der Waals surface area contributed by atoms with Crippen LogP contribution in [0.25, 0.3) is 5.57 Å². The first-order chi connectivity index (χ1) is 11.7. The summed E-state index contributed by atoms with van der Waals surface area (Å²) in [5, 5.41) is 28.4. The highest BCUT2D eigenvalue weighted by Crippen LogP contribution is 2.19. The van der Waals surface area contributed by atoms with Crippen molar-refractivity contribution in [3.8, 4) is 6.07 Å². The molecule has 1 aliphatic carbocycles. The number of H-pyrrole nitrogens is 1. The number of hydrogen-bond donors (Lipinski definition) is 3. The Hall–Kier alpha value is -3.21. The van der Waals surface area contributed by atoms with Crippen LogP contribution in [-0.2, 0) is 11.2 Å². The molecule has 1 fully saturated rings. The standard InChI is InChI=1S/C16H17N7O/c17-9-12(16-20-22-23-21-16)10-18-13-4-1-11(2-5-13)3-8-15(24)19-14-6-7-14/h1-2,4-5,10,14,18H,3,6-8H2,(H,19,24)(H,20,21,22,23). The summed E-state index contributed by atoms with van der Waals surface area (Å²) < 4.78 is 0. The van der Waals surface area contributed by atoms with Crippen molar-refractivity contribution in [2.75, 3.05) is 5.32 Å². The molecule has 0 aliphatic heterocycles. The van der Waals surface area contributed by atoms with E-state index in [-0.39, 0.29) is 17.3 Å². The van der Waals surface area contributed by atoms with Gasteiger partial charge in [-0.2, -0.15) is 10.5 Å². The van der Waals surface area contributed by atoms with Gasteiger partial charge in [-0.3, -0.25) is 4.79 Å². The summed E-state index contributed by atoms with van der Waals surface area (Å²) in [6.07, 6.45) is 4.95. The Bertz CT molecular complexity index is 755. The Morgan fingerprint density at radius 2 is 2.17 bits per heavy atom. The minimum atomic E-state index is 0.112. The minimum absolute atomic E-state index is 0.112. The van der Waals surface area contributed by atoms with Crippen molar-refractivity contribution < 1.29 is 4.79 Å². The van der Waals surface area contributed by atoms with Crippen LogP contribution in [0.15, 0.2) is 30.5 Å². The fourth-order valence-electron chi connectivity index (χ4n) is 2.13. The number of benzene rings is 1. The molecule has 1 aromatic carbocycles. The summed E-state index contributed by atoms with van der Waals surface area (Å²) >= 11 is 0. The maximum atomic E-state index is 11.7. The van der Waals surface area contributed by atoms with Gasteiger partial charge in [-0.1, -0.05) is 12.1 Å². The van der Waals surface area contributed by atoms with Gasteiger partial charge >= 0.3 is 0 Å². The number of aryl methyl sites for hydroxylation is 1. The third-order valence-electron chi connectivity index (χ3n) is 3.63. The Balaban J connectivity index is 1.52. The van der Waals surface area contributed by atoms with Crippen LogP contribution in [-0.4, -0.2) is 32.6 Å². The van der Waals surface area contributed by atoms with Crippen molar-refractivity contribution in [1.82, 2.24) is 25.9 Å². The molecule has 122 valence electrons. The van der Waals surface area contributed by atoms with E-state index in [2.05, 4.69) is 31.3 Å². The molecule has 8 heteroatoms. The number of tetrazole rings is 1. The predicted molar refractivity (Wildman–Crippen MR) is 87.3 cm³/mol. The van der Waals surface area contributed by atoms with Gasteiger partial charge < -0.3 is 10.6 Å². The molecule has 0 atom stereocenters. The average molecular weight is 323 g/mol. The summed E-state index contributed by atoms with van der Waals surface area (Å²) in [4.78, 5) is 11.7. The van der Waals surface area contributed by atoms with Crippen LogP contribution >= 0.6 is 0 Å². The first-order valence-electron chi connectivity index (χ1n) is 7.73. The first kappa shape index (κ1) is 15.7. The monoisotopic (exact) mass is 323 g/mol. The van der Waals surface area contributed by atoms with E-state index < -0.39 is 0 Å². The summed E-state index contributed by atoms with van der Waals surface area (Å²) in [5.41, 5.74) is 2.20. The zero-order valence-electron chi connectivity index (χ0n) is 13.0. The highest BCUT2D eigenvalue weighted by Gasteiger charge is 2.22. The molecule has 0 spiro atoms. The quantitative estimate of drug-likeness (QED) is 0.662. The number of nitrogens with zero attached hydrogens (tertiary/aromatic N) is 4. The van der Waals surface area contributed by atoms with Gasteiger partial charge in [0, 0.05) is 24.4 Å². The summed E-state index contributed by atoms with van der Waals surface area (Å²) in [7, 11) is 0. The Labute approximate surface area is 139 Å². The SMILES string of the molecule is N#CC(=CNc1ccc(CCC(=O)NC2CC2)cc1)c1nn[nH]n1. The number of nitriles is 1. The highest BCUT2D eigenvalue weighted by atomic mass is 16.1. The molecular formula is C16H17N7O. The second-order valence-corrected chi connectivity index (χ2v) is 5.59. The van der Waals surface area contributed by atoms with Crippen molar-refractivity contribution >= 4 is 17.2 Å². The smallest absolute Gasteiger partial charge is 0.220 e. The molecule has 1 heterocycles. The second kappa shape index (κ2) is 7.37. The van der Waals surface area contributed by atoms with E-state index in [0.717, 1.165) is 24.1 Å². The number of carbonyl (C=O) groups excluding carboxylic acids is 1. The molecule has 0 bridgehead atoms. The van der Waals surface area contributed by atoms with Crippen molar-refractivity contribution in [3.63, 3.8) is 0 Å². The van der Waals surface area contributed by atoms with Crippen LogP contribution in [0.2, 0.25) is 0 Å². The lowest BCUT2D eigenvalue weighted by Gasteiger charge is -2.05. The number of nitrogens with one attached hydrogen (secondary N) is 3. The van der Waals surface area contributed by atoms with Crippen LogP contribution in [0.4, 0.5) is 5.69 Å². The maximum Gasteiger partial charge on any atom is 0.220 e. The summed E-state index contributed by atoms with van der Waals surface area (Å²) in [5.74, 6) is 0.352. The molecular weight excluding hydrogens is 306 g/mol. The predicted octanol–water partition coefficient (Wildman–Crippen LogP) is 1.39. The zero-order chi connectivity index (χ0) is 16.8. The van der Waals surface area contributed by atoms with Gasteiger partial charge in [-0.15, -0.1) is 10.2 Å². The van der Waals surface area contributed by atoms with Gasteiger partial charge in [0.2, 0.25) is 11.7 Å². The van der Waals surface area contributed by atoms with E-state index in [9.17, 15) is 4.79 Å². The Kier molecular flexibility index (Phi) is 4.81. The van der Waals surface area contributed by atoms with E-state index >= 15 is 0 Å². The molecule has 1 amide bonds. The van der Waals surface area contributed by atoms with Crippen molar-refractivity contribution in [1.29, 1.82) is 5.26 Å². The number of aromatic nitrogens is 4. The maximum absolute atomic E-state index is 11.7. The molecule has 8 nitrogen and oxygen atoms in total.